The third-order valence-electron chi connectivity index (χ3n) is 3.25. The quantitative estimate of drug-likeness (QED) is 0.619. The van der Waals surface area contributed by atoms with Gasteiger partial charge in [0.25, 0.3) is 0 Å². The standard InChI is InChI=1S/C15H21NO2/c1-3-17-10-6-9-16-15-12(2)11-18-14-8-5-4-7-13(14)15/h3-5,7-8,12,15-16H,1,6,9-11H2,2H3. The lowest BCUT2D eigenvalue weighted by atomic mass is 9.92. The molecule has 1 aromatic rings. The van der Waals surface area contributed by atoms with Crippen LogP contribution in [0.3, 0.4) is 0 Å². The summed E-state index contributed by atoms with van der Waals surface area (Å²) in [4.78, 5) is 0. The third-order valence-corrected chi connectivity index (χ3v) is 3.25. The van der Waals surface area contributed by atoms with Gasteiger partial charge >= 0.3 is 0 Å². The van der Waals surface area contributed by atoms with Crippen molar-refractivity contribution in [2.75, 3.05) is 19.8 Å². The molecular formula is C15H21NO2. The monoisotopic (exact) mass is 247 g/mol. The van der Waals surface area contributed by atoms with Gasteiger partial charge in [-0.1, -0.05) is 31.7 Å². The molecule has 0 fully saturated rings. The lowest BCUT2D eigenvalue weighted by Gasteiger charge is -2.32. The molecule has 0 bridgehead atoms. The Hall–Kier alpha value is -1.48. The molecule has 3 heteroatoms. The van der Waals surface area contributed by atoms with Crippen molar-refractivity contribution < 1.29 is 9.47 Å². The van der Waals surface area contributed by atoms with Gasteiger partial charge in [-0.05, 0) is 19.0 Å². The van der Waals surface area contributed by atoms with Crippen molar-refractivity contribution in [3.05, 3.63) is 42.7 Å². The lowest BCUT2D eigenvalue weighted by molar-refractivity contribution is 0.184. The van der Waals surface area contributed by atoms with Gasteiger partial charge in [-0.2, -0.15) is 0 Å². The van der Waals surface area contributed by atoms with E-state index >= 15 is 0 Å². The predicted molar refractivity (Wildman–Crippen MR) is 72.6 cm³/mol. The minimum Gasteiger partial charge on any atom is -0.502 e. The van der Waals surface area contributed by atoms with Gasteiger partial charge in [-0.15, -0.1) is 0 Å². The summed E-state index contributed by atoms with van der Waals surface area (Å²) in [5.41, 5.74) is 1.26. The molecule has 0 radical (unpaired) electrons. The first kappa shape index (κ1) is 13.0. The number of para-hydroxylation sites is 1. The predicted octanol–water partition coefficient (Wildman–Crippen LogP) is 2.90. The maximum Gasteiger partial charge on any atom is 0.124 e. The molecular weight excluding hydrogens is 226 g/mol. The Morgan fingerprint density at radius 1 is 1.50 bits per heavy atom. The summed E-state index contributed by atoms with van der Waals surface area (Å²) in [6.45, 7) is 8.18. The second-order valence-corrected chi connectivity index (χ2v) is 4.65. The van der Waals surface area contributed by atoms with Gasteiger partial charge in [0.15, 0.2) is 0 Å². The van der Waals surface area contributed by atoms with E-state index < -0.39 is 0 Å². The van der Waals surface area contributed by atoms with E-state index in [9.17, 15) is 0 Å². The van der Waals surface area contributed by atoms with Crippen LogP contribution in [0.5, 0.6) is 5.75 Å². The summed E-state index contributed by atoms with van der Waals surface area (Å²) < 4.78 is 10.9. The minimum atomic E-state index is 0.374. The number of hydrogen-bond donors (Lipinski definition) is 1. The fraction of sp³-hybridized carbons (Fsp3) is 0.467. The van der Waals surface area contributed by atoms with Crippen LogP contribution >= 0.6 is 0 Å². The fourth-order valence-corrected chi connectivity index (χ4v) is 2.30. The van der Waals surface area contributed by atoms with Crippen molar-refractivity contribution >= 4 is 0 Å². The Kier molecular flexibility index (Phi) is 4.65. The molecule has 0 amide bonds. The number of fused-ring (bicyclic) bond motifs is 1. The maximum absolute atomic E-state index is 5.73. The minimum absolute atomic E-state index is 0.374. The molecule has 3 nitrogen and oxygen atoms in total. The molecule has 0 spiro atoms. The van der Waals surface area contributed by atoms with E-state index in [1.165, 1.54) is 11.8 Å². The van der Waals surface area contributed by atoms with Gasteiger partial charge in [0, 0.05) is 17.5 Å². The Morgan fingerprint density at radius 2 is 2.33 bits per heavy atom. The van der Waals surface area contributed by atoms with E-state index in [1.807, 2.05) is 12.1 Å². The van der Waals surface area contributed by atoms with Crippen LogP contribution in [-0.2, 0) is 4.74 Å². The molecule has 0 saturated carbocycles. The van der Waals surface area contributed by atoms with Gasteiger partial charge in [-0.3, -0.25) is 0 Å². The van der Waals surface area contributed by atoms with E-state index in [0.717, 1.165) is 31.9 Å². The molecule has 1 heterocycles. The molecule has 1 N–H and O–H groups in total. The molecule has 1 aromatic carbocycles. The molecule has 1 aliphatic heterocycles. The van der Waals surface area contributed by atoms with Gasteiger partial charge in [0.05, 0.1) is 19.5 Å². The van der Waals surface area contributed by atoms with Crippen molar-refractivity contribution in [1.29, 1.82) is 0 Å². The van der Waals surface area contributed by atoms with Crippen LogP contribution in [0.25, 0.3) is 0 Å². The largest absolute Gasteiger partial charge is 0.502 e. The molecule has 2 atom stereocenters. The van der Waals surface area contributed by atoms with E-state index in [-0.39, 0.29) is 0 Å². The van der Waals surface area contributed by atoms with Crippen LogP contribution in [0.15, 0.2) is 37.1 Å². The Labute approximate surface area is 109 Å². The van der Waals surface area contributed by atoms with Gasteiger partial charge < -0.3 is 14.8 Å². The summed E-state index contributed by atoms with van der Waals surface area (Å²) in [6, 6.07) is 8.64. The Morgan fingerprint density at radius 3 is 3.17 bits per heavy atom. The highest BCUT2D eigenvalue weighted by molar-refractivity contribution is 5.37. The van der Waals surface area contributed by atoms with Gasteiger partial charge in [-0.25, -0.2) is 0 Å². The molecule has 98 valence electrons. The average molecular weight is 247 g/mol. The van der Waals surface area contributed by atoms with Crippen LogP contribution < -0.4 is 10.1 Å². The second kappa shape index (κ2) is 6.45. The highest BCUT2D eigenvalue weighted by atomic mass is 16.5. The van der Waals surface area contributed by atoms with Gasteiger partial charge in [0.2, 0.25) is 0 Å². The topological polar surface area (TPSA) is 30.5 Å². The van der Waals surface area contributed by atoms with Crippen LogP contribution in [0.1, 0.15) is 24.9 Å². The molecule has 2 rings (SSSR count). The highest BCUT2D eigenvalue weighted by Crippen LogP contribution is 2.34. The highest BCUT2D eigenvalue weighted by Gasteiger charge is 2.26. The van der Waals surface area contributed by atoms with Crippen molar-refractivity contribution in [2.45, 2.75) is 19.4 Å². The van der Waals surface area contributed by atoms with E-state index in [1.54, 1.807) is 0 Å². The first-order valence-corrected chi connectivity index (χ1v) is 6.50. The molecule has 0 aromatic heterocycles. The van der Waals surface area contributed by atoms with Crippen LogP contribution in [0, 0.1) is 5.92 Å². The van der Waals surface area contributed by atoms with Gasteiger partial charge in [0.1, 0.15) is 5.75 Å². The Bertz CT molecular complexity index is 392. The third kappa shape index (κ3) is 3.05. The van der Waals surface area contributed by atoms with E-state index in [4.69, 9.17) is 9.47 Å². The zero-order valence-corrected chi connectivity index (χ0v) is 10.9. The summed E-state index contributed by atoms with van der Waals surface area (Å²) in [7, 11) is 0. The summed E-state index contributed by atoms with van der Waals surface area (Å²) in [5, 5.41) is 3.59. The first-order valence-electron chi connectivity index (χ1n) is 6.50. The normalized spacial score (nSPS) is 21.8. The van der Waals surface area contributed by atoms with Crippen molar-refractivity contribution in [2.24, 2.45) is 5.92 Å². The molecule has 0 aliphatic carbocycles. The van der Waals surface area contributed by atoms with Crippen LogP contribution in [0.4, 0.5) is 0 Å². The number of hydrogen-bond acceptors (Lipinski definition) is 3. The SMILES string of the molecule is C=COCCCNC1c2ccccc2OCC1C. The fourth-order valence-electron chi connectivity index (χ4n) is 2.30. The Balaban J connectivity index is 1.92. The number of ether oxygens (including phenoxy) is 2. The maximum atomic E-state index is 5.73. The van der Waals surface area contributed by atoms with Crippen molar-refractivity contribution in [3.63, 3.8) is 0 Å². The lowest BCUT2D eigenvalue weighted by Crippen LogP contribution is -2.34. The summed E-state index contributed by atoms with van der Waals surface area (Å²) in [6.07, 6.45) is 2.48. The van der Waals surface area contributed by atoms with Crippen molar-refractivity contribution in [1.82, 2.24) is 5.32 Å². The molecule has 0 saturated heterocycles. The summed E-state index contributed by atoms with van der Waals surface area (Å²) in [5.74, 6) is 1.50. The second-order valence-electron chi connectivity index (χ2n) is 4.65. The van der Waals surface area contributed by atoms with E-state index in [0.29, 0.717) is 12.0 Å². The van der Waals surface area contributed by atoms with Crippen LogP contribution in [-0.4, -0.2) is 19.8 Å². The zero-order valence-electron chi connectivity index (χ0n) is 10.9. The number of nitrogens with one attached hydrogen (secondary N) is 1. The number of benzene rings is 1. The smallest absolute Gasteiger partial charge is 0.124 e. The van der Waals surface area contributed by atoms with E-state index in [2.05, 4.69) is 31.0 Å². The molecule has 18 heavy (non-hydrogen) atoms. The zero-order chi connectivity index (χ0) is 12.8. The molecule has 1 aliphatic rings. The summed E-state index contributed by atoms with van der Waals surface area (Å²) >= 11 is 0. The molecule has 2 unspecified atom stereocenters. The first-order chi connectivity index (χ1) is 8.83. The van der Waals surface area contributed by atoms with Crippen molar-refractivity contribution in [3.8, 4) is 5.75 Å². The van der Waals surface area contributed by atoms with Crippen LogP contribution in [0.2, 0.25) is 0 Å². The number of rotatable bonds is 6. The average Bonchev–Trinajstić information content (AvgIpc) is 2.41.